The first-order chi connectivity index (χ1) is 11.6. The molecular weight excluding hydrogens is 306 g/mol. The molecule has 1 N–H and O–H groups in total. The summed E-state index contributed by atoms with van der Waals surface area (Å²) in [6.07, 6.45) is 2.73. The first-order valence-corrected chi connectivity index (χ1v) is 8.58. The number of anilines is 2. The number of fused-ring (bicyclic) bond motifs is 1. The van der Waals surface area contributed by atoms with E-state index in [1.54, 1.807) is 11.0 Å². The lowest BCUT2D eigenvalue weighted by Gasteiger charge is -2.36. The van der Waals surface area contributed by atoms with Gasteiger partial charge in [-0.2, -0.15) is 0 Å². The maximum Gasteiger partial charge on any atom is 0.244 e. The van der Waals surface area contributed by atoms with Gasteiger partial charge in [0.25, 0.3) is 0 Å². The van der Waals surface area contributed by atoms with E-state index in [1.807, 2.05) is 30.0 Å². The standard InChI is InChI=1S/C18H23N3O3/c1-2-5-17(23)20-10-8-13(9-11-20)18(24)21-12-16(22)19-14-6-3-4-7-15(14)21/h3-4,6-7,13H,2,5,8-12H2,1H3,(H,19,22). The van der Waals surface area contributed by atoms with Crippen LogP contribution in [0.1, 0.15) is 32.6 Å². The van der Waals surface area contributed by atoms with E-state index in [1.165, 1.54) is 0 Å². The third kappa shape index (κ3) is 3.27. The molecule has 0 radical (unpaired) electrons. The van der Waals surface area contributed by atoms with Crippen LogP contribution in [-0.4, -0.2) is 42.3 Å². The highest BCUT2D eigenvalue weighted by Crippen LogP contribution is 2.31. The monoisotopic (exact) mass is 329 g/mol. The second kappa shape index (κ2) is 7.03. The summed E-state index contributed by atoms with van der Waals surface area (Å²) in [5.74, 6) is -0.141. The predicted molar refractivity (Wildman–Crippen MR) is 91.6 cm³/mol. The van der Waals surface area contributed by atoms with Crippen LogP contribution in [0, 0.1) is 5.92 Å². The zero-order valence-electron chi connectivity index (χ0n) is 14.0. The Hall–Kier alpha value is -2.37. The van der Waals surface area contributed by atoms with E-state index < -0.39 is 0 Å². The lowest BCUT2D eigenvalue weighted by molar-refractivity contribution is -0.135. The van der Waals surface area contributed by atoms with E-state index in [9.17, 15) is 14.4 Å². The van der Waals surface area contributed by atoms with Crippen molar-refractivity contribution in [2.45, 2.75) is 32.6 Å². The van der Waals surface area contributed by atoms with Gasteiger partial charge in [-0.15, -0.1) is 0 Å². The lowest BCUT2D eigenvalue weighted by Crippen LogP contribution is -2.48. The second-order valence-electron chi connectivity index (χ2n) is 6.39. The number of carbonyl (C=O) groups is 3. The number of likely N-dealkylation sites (tertiary alicyclic amines) is 1. The van der Waals surface area contributed by atoms with Crippen molar-refractivity contribution in [3.05, 3.63) is 24.3 Å². The fraction of sp³-hybridized carbons (Fsp3) is 0.500. The van der Waals surface area contributed by atoms with Gasteiger partial charge in [-0.05, 0) is 31.4 Å². The first-order valence-electron chi connectivity index (χ1n) is 8.58. The largest absolute Gasteiger partial charge is 0.343 e. The Labute approximate surface area is 141 Å². The van der Waals surface area contributed by atoms with Crippen LogP contribution >= 0.6 is 0 Å². The minimum atomic E-state index is -0.169. The number of rotatable bonds is 3. The number of hydrogen-bond acceptors (Lipinski definition) is 3. The van der Waals surface area contributed by atoms with Gasteiger partial charge >= 0.3 is 0 Å². The average Bonchev–Trinajstić information content (AvgIpc) is 2.60. The van der Waals surface area contributed by atoms with Crippen molar-refractivity contribution in [2.24, 2.45) is 5.92 Å². The number of hydrogen-bond donors (Lipinski definition) is 1. The van der Waals surface area contributed by atoms with Crippen LogP contribution in [0.25, 0.3) is 0 Å². The van der Waals surface area contributed by atoms with Crippen LogP contribution in [0.4, 0.5) is 11.4 Å². The maximum absolute atomic E-state index is 12.9. The molecular formula is C18H23N3O3. The molecule has 0 aromatic heterocycles. The van der Waals surface area contributed by atoms with Gasteiger partial charge in [0.1, 0.15) is 6.54 Å². The van der Waals surface area contributed by atoms with Gasteiger partial charge in [-0.3, -0.25) is 14.4 Å². The first kappa shape index (κ1) is 16.5. The third-order valence-electron chi connectivity index (χ3n) is 4.70. The van der Waals surface area contributed by atoms with E-state index in [4.69, 9.17) is 0 Å². The molecule has 3 rings (SSSR count). The van der Waals surface area contributed by atoms with E-state index in [0.29, 0.717) is 38.0 Å². The summed E-state index contributed by atoms with van der Waals surface area (Å²) < 4.78 is 0. The minimum absolute atomic E-state index is 0.0140. The maximum atomic E-state index is 12.9. The van der Waals surface area contributed by atoms with Gasteiger partial charge in [0.15, 0.2) is 0 Å². The molecule has 0 atom stereocenters. The summed E-state index contributed by atoms with van der Waals surface area (Å²) in [5, 5.41) is 2.80. The van der Waals surface area contributed by atoms with Crippen molar-refractivity contribution in [1.82, 2.24) is 4.90 Å². The fourth-order valence-corrected chi connectivity index (χ4v) is 3.40. The van der Waals surface area contributed by atoms with Crippen LogP contribution < -0.4 is 10.2 Å². The molecule has 1 aromatic carbocycles. The van der Waals surface area contributed by atoms with Crippen molar-refractivity contribution in [1.29, 1.82) is 0 Å². The number of piperidine rings is 1. The Morgan fingerprint density at radius 2 is 1.92 bits per heavy atom. The molecule has 128 valence electrons. The summed E-state index contributed by atoms with van der Waals surface area (Å²) in [7, 11) is 0. The Morgan fingerprint density at radius 3 is 2.62 bits per heavy atom. The Balaban J connectivity index is 1.68. The number of para-hydroxylation sites is 2. The van der Waals surface area contributed by atoms with E-state index >= 15 is 0 Å². The molecule has 0 unspecified atom stereocenters. The molecule has 6 nitrogen and oxygen atoms in total. The Morgan fingerprint density at radius 1 is 1.21 bits per heavy atom. The molecule has 24 heavy (non-hydrogen) atoms. The molecule has 0 saturated carbocycles. The van der Waals surface area contributed by atoms with E-state index in [2.05, 4.69) is 5.32 Å². The molecule has 2 aliphatic heterocycles. The van der Waals surface area contributed by atoms with Gasteiger partial charge in [0.05, 0.1) is 11.4 Å². The molecule has 0 bridgehead atoms. The summed E-state index contributed by atoms with van der Waals surface area (Å²) in [4.78, 5) is 40.2. The van der Waals surface area contributed by atoms with Crippen molar-refractivity contribution in [3.8, 4) is 0 Å². The quantitative estimate of drug-likeness (QED) is 0.922. The number of benzene rings is 1. The second-order valence-corrected chi connectivity index (χ2v) is 6.39. The molecule has 1 aromatic rings. The highest BCUT2D eigenvalue weighted by atomic mass is 16.2. The van der Waals surface area contributed by atoms with E-state index in [-0.39, 0.29) is 30.2 Å². The average molecular weight is 329 g/mol. The van der Waals surface area contributed by atoms with Crippen molar-refractivity contribution >= 4 is 29.1 Å². The SMILES string of the molecule is CCCC(=O)N1CCC(C(=O)N2CC(=O)Nc3ccccc32)CC1. The minimum Gasteiger partial charge on any atom is -0.343 e. The van der Waals surface area contributed by atoms with Crippen molar-refractivity contribution in [3.63, 3.8) is 0 Å². The lowest BCUT2D eigenvalue weighted by atomic mass is 9.94. The number of nitrogens with one attached hydrogen (secondary N) is 1. The van der Waals surface area contributed by atoms with Gasteiger partial charge in [-0.25, -0.2) is 0 Å². The zero-order valence-corrected chi connectivity index (χ0v) is 14.0. The van der Waals surface area contributed by atoms with Crippen molar-refractivity contribution in [2.75, 3.05) is 29.9 Å². The molecule has 1 saturated heterocycles. The summed E-state index contributed by atoms with van der Waals surface area (Å²) in [6.45, 7) is 3.30. The highest BCUT2D eigenvalue weighted by molar-refractivity contribution is 6.10. The summed E-state index contributed by atoms with van der Waals surface area (Å²) >= 11 is 0. The summed E-state index contributed by atoms with van der Waals surface area (Å²) in [6, 6.07) is 7.36. The number of nitrogens with zero attached hydrogens (tertiary/aromatic N) is 2. The predicted octanol–water partition coefficient (Wildman–Crippen LogP) is 2.01. The molecule has 2 heterocycles. The van der Waals surface area contributed by atoms with Crippen LogP contribution in [0.5, 0.6) is 0 Å². The molecule has 0 aliphatic carbocycles. The van der Waals surface area contributed by atoms with Gasteiger partial charge in [-0.1, -0.05) is 19.1 Å². The fourth-order valence-electron chi connectivity index (χ4n) is 3.40. The normalized spacial score (nSPS) is 18.1. The molecule has 3 amide bonds. The smallest absolute Gasteiger partial charge is 0.244 e. The van der Waals surface area contributed by atoms with Crippen LogP contribution in [0.15, 0.2) is 24.3 Å². The topological polar surface area (TPSA) is 69.7 Å². The van der Waals surface area contributed by atoms with Gasteiger partial charge < -0.3 is 15.1 Å². The Bertz CT molecular complexity index is 651. The van der Waals surface area contributed by atoms with Gasteiger partial charge in [0.2, 0.25) is 17.7 Å². The molecule has 0 spiro atoms. The number of amides is 3. The molecule has 1 fully saturated rings. The van der Waals surface area contributed by atoms with Crippen LogP contribution in [0.3, 0.4) is 0 Å². The molecule has 2 aliphatic rings. The summed E-state index contributed by atoms with van der Waals surface area (Å²) in [5.41, 5.74) is 1.43. The van der Waals surface area contributed by atoms with Crippen molar-refractivity contribution < 1.29 is 14.4 Å². The van der Waals surface area contributed by atoms with Gasteiger partial charge in [0, 0.05) is 25.4 Å². The van der Waals surface area contributed by atoms with E-state index in [0.717, 1.165) is 12.1 Å². The Kier molecular flexibility index (Phi) is 4.83. The zero-order chi connectivity index (χ0) is 17.1. The molecule has 6 heteroatoms. The highest BCUT2D eigenvalue weighted by Gasteiger charge is 2.34. The van der Waals surface area contributed by atoms with Crippen LogP contribution in [-0.2, 0) is 14.4 Å². The number of carbonyl (C=O) groups excluding carboxylic acids is 3. The third-order valence-corrected chi connectivity index (χ3v) is 4.70. The van der Waals surface area contributed by atoms with Crippen LogP contribution in [0.2, 0.25) is 0 Å².